The standard InChI is InChI=1S/C25H35N3O5S/c1-6-28-18(4)22(25(30)33-7-2)23(19(28)5)34(31,32)27-14-8-9-21(16-27)24(29)26-15-20-12-10-17(3)11-13-20/h10-13,21H,6-9,14-16H2,1-5H3,(H,26,29)/t21-/m0/s1. The highest BCUT2D eigenvalue weighted by Crippen LogP contribution is 2.32. The van der Waals surface area contributed by atoms with Gasteiger partial charge in [-0.3, -0.25) is 4.79 Å². The normalized spacial score (nSPS) is 16.9. The number of aromatic nitrogens is 1. The van der Waals surface area contributed by atoms with Gasteiger partial charge in [0, 0.05) is 37.6 Å². The van der Waals surface area contributed by atoms with Crippen LogP contribution < -0.4 is 5.32 Å². The highest BCUT2D eigenvalue weighted by molar-refractivity contribution is 7.89. The van der Waals surface area contributed by atoms with Crippen LogP contribution >= 0.6 is 0 Å². The van der Waals surface area contributed by atoms with Crippen molar-refractivity contribution < 1.29 is 22.7 Å². The lowest BCUT2D eigenvalue weighted by Gasteiger charge is -2.31. The molecular formula is C25H35N3O5S. The van der Waals surface area contributed by atoms with Gasteiger partial charge in [-0.15, -0.1) is 0 Å². The van der Waals surface area contributed by atoms with Crippen molar-refractivity contribution in [3.05, 3.63) is 52.3 Å². The molecule has 8 nitrogen and oxygen atoms in total. The second kappa shape index (κ2) is 10.7. The van der Waals surface area contributed by atoms with Crippen LogP contribution in [-0.4, -0.2) is 48.9 Å². The summed E-state index contributed by atoms with van der Waals surface area (Å²) in [6.07, 6.45) is 1.19. The van der Waals surface area contributed by atoms with Crippen molar-refractivity contribution in [2.75, 3.05) is 19.7 Å². The first-order chi connectivity index (χ1) is 16.1. The smallest absolute Gasteiger partial charge is 0.341 e. The summed E-state index contributed by atoms with van der Waals surface area (Å²) in [6, 6.07) is 7.91. The van der Waals surface area contributed by atoms with Crippen LogP contribution in [0.15, 0.2) is 29.2 Å². The molecule has 34 heavy (non-hydrogen) atoms. The zero-order valence-electron chi connectivity index (χ0n) is 20.7. The van der Waals surface area contributed by atoms with Crippen LogP contribution in [0.4, 0.5) is 0 Å². The van der Waals surface area contributed by atoms with Crippen LogP contribution in [0, 0.1) is 26.7 Å². The van der Waals surface area contributed by atoms with Gasteiger partial charge in [0.15, 0.2) is 0 Å². The molecule has 1 aliphatic heterocycles. The maximum atomic E-state index is 13.8. The number of amides is 1. The van der Waals surface area contributed by atoms with Gasteiger partial charge in [-0.05, 0) is 53.0 Å². The van der Waals surface area contributed by atoms with Crippen LogP contribution in [0.1, 0.15) is 59.6 Å². The highest BCUT2D eigenvalue weighted by atomic mass is 32.2. The minimum Gasteiger partial charge on any atom is -0.462 e. The first kappa shape index (κ1) is 26.0. The minimum atomic E-state index is -4.01. The van der Waals surface area contributed by atoms with Crippen molar-refractivity contribution in [2.24, 2.45) is 5.92 Å². The number of hydrogen-bond donors (Lipinski definition) is 1. The summed E-state index contributed by atoms with van der Waals surface area (Å²) >= 11 is 0. The van der Waals surface area contributed by atoms with Gasteiger partial charge in [0.05, 0.1) is 12.5 Å². The van der Waals surface area contributed by atoms with E-state index >= 15 is 0 Å². The molecular weight excluding hydrogens is 454 g/mol. The van der Waals surface area contributed by atoms with Gasteiger partial charge in [-0.1, -0.05) is 29.8 Å². The molecule has 0 unspecified atom stereocenters. The van der Waals surface area contributed by atoms with Crippen LogP contribution in [-0.2, 0) is 32.6 Å². The first-order valence-corrected chi connectivity index (χ1v) is 13.3. The van der Waals surface area contributed by atoms with Crippen LogP contribution in [0.3, 0.4) is 0 Å². The zero-order chi connectivity index (χ0) is 25.0. The Morgan fingerprint density at radius 1 is 1.09 bits per heavy atom. The lowest BCUT2D eigenvalue weighted by atomic mass is 9.98. The number of hydrogen-bond acceptors (Lipinski definition) is 5. The Kier molecular flexibility index (Phi) is 8.20. The van der Waals surface area contributed by atoms with Crippen molar-refractivity contribution in [3.63, 3.8) is 0 Å². The van der Waals surface area contributed by atoms with Gasteiger partial charge in [0.2, 0.25) is 15.9 Å². The fourth-order valence-electron chi connectivity index (χ4n) is 4.63. The number of carbonyl (C=O) groups excluding carboxylic acids is 2. The number of carbonyl (C=O) groups is 2. The number of esters is 1. The summed E-state index contributed by atoms with van der Waals surface area (Å²) in [5.41, 5.74) is 3.31. The second-order valence-electron chi connectivity index (χ2n) is 8.75. The molecule has 1 fully saturated rings. The van der Waals surface area contributed by atoms with Gasteiger partial charge in [0.25, 0.3) is 0 Å². The number of sulfonamides is 1. The number of aryl methyl sites for hydroxylation is 1. The molecule has 1 N–H and O–H groups in total. The summed E-state index contributed by atoms with van der Waals surface area (Å²) in [5, 5.41) is 2.94. The molecule has 1 aromatic heterocycles. The third kappa shape index (κ3) is 5.20. The van der Waals surface area contributed by atoms with Gasteiger partial charge in [-0.2, -0.15) is 4.31 Å². The third-order valence-corrected chi connectivity index (χ3v) is 8.49. The molecule has 0 bridgehead atoms. The summed E-state index contributed by atoms with van der Waals surface area (Å²) in [6.45, 7) is 10.5. The van der Waals surface area contributed by atoms with Crippen LogP contribution in [0.2, 0.25) is 0 Å². The molecule has 1 atom stereocenters. The first-order valence-electron chi connectivity index (χ1n) is 11.8. The number of rotatable bonds is 8. The molecule has 1 saturated heterocycles. The number of nitrogens with zero attached hydrogens (tertiary/aromatic N) is 2. The van der Waals surface area contributed by atoms with E-state index in [2.05, 4.69) is 5.32 Å². The molecule has 0 saturated carbocycles. The summed E-state index contributed by atoms with van der Waals surface area (Å²) < 4.78 is 35.9. The summed E-state index contributed by atoms with van der Waals surface area (Å²) in [5.74, 6) is -1.25. The van der Waals surface area contributed by atoms with E-state index in [9.17, 15) is 18.0 Å². The lowest BCUT2D eigenvalue weighted by molar-refractivity contribution is -0.126. The van der Waals surface area contributed by atoms with Gasteiger partial charge < -0.3 is 14.6 Å². The topological polar surface area (TPSA) is 97.7 Å². The maximum absolute atomic E-state index is 13.8. The summed E-state index contributed by atoms with van der Waals surface area (Å²) in [4.78, 5) is 25.6. The van der Waals surface area contributed by atoms with Crippen molar-refractivity contribution in [1.82, 2.24) is 14.2 Å². The van der Waals surface area contributed by atoms with E-state index in [1.165, 1.54) is 4.31 Å². The molecule has 3 rings (SSSR count). The van der Waals surface area contributed by atoms with E-state index in [1.807, 2.05) is 42.7 Å². The average Bonchev–Trinajstić information content (AvgIpc) is 3.08. The average molecular weight is 490 g/mol. The van der Waals surface area contributed by atoms with E-state index in [0.29, 0.717) is 43.9 Å². The van der Waals surface area contributed by atoms with Crippen molar-refractivity contribution in [2.45, 2.75) is 65.4 Å². The van der Waals surface area contributed by atoms with Crippen molar-refractivity contribution >= 4 is 21.9 Å². The Hall–Kier alpha value is -2.65. The number of nitrogens with one attached hydrogen (secondary N) is 1. The Morgan fingerprint density at radius 3 is 2.38 bits per heavy atom. The quantitative estimate of drug-likeness (QED) is 0.574. The Labute approximate surface area is 202 Å². The largest absolute Gasteiger partial charge is 0.462 e. The number of piperidine rings is 1. The molecule has 1 amide bonds. The fourth-order valence-corrected chi connectivity index (χ4v) is 6.61. The van der Waals surface area contributed by atoms with Gasteiger partial charge in [0.1, 0.15) is 10.5 Å². The van der Waals surface area contributed by atoms with Crippen LogP contribution in [0.5, 0.6) is 0 Å². The molecule has 0 aliphatic carbocycles. The van der Waals surface area contributed by atoms with E-state index < -0.39 is 21.9 Å². The van der Waals surface area contributed by atoms with Crippen molar-refractivity contribution in [1.29, 1.82) is 0 Å². The molecule has 9 heteroatoms. The Morgan fingerprint density at radius 2 is 1.76 bits per heavy atom. The van der Waals surface area contributed by atoms with Crippen LogP contribution in [0.25, 0.3) is 0 Å². The molecule has 186 valence electrons. The van der Waals surface area contributed by atoms with Gasteiger partial charge in [-0.25, -0.2) is 13.2 Å². The van der Waals surface area contributed by atoms with E-state index in [-0.39, 0.29) is 29.5 Å². The van der Waals surface area contributed by atoms with E-state index in [0.717, 1.165) is 11.1 Å². The molecule has 2 aromatic rings. The monoisotopic (exact) mass is 489 g/mol. The predicted molar refractivity (Wildman–Crippen MR) is 130 cm³/mol. The molecule has 1 aromatic carbocycles. The highest BCUT2D eigenvalue weighted by Gasteiger charge is 2.39. The zero-order valence-corrected chi connectivity index (χ0v) is 21.5. The molecule has 0 spiro atoms. The lowest BCUT2D eigenvalue weighted by Crippen LogP contribution is -2.45. The molecule has 1 aliphatic rings. The molecule has 2 heterocycles. The minimum absolute atomic E-state index is 0.00832. The van der Waals surface area contributed by atoms with E-state index in [1.54, 1.807) is 20.8 Å². The van der Waals surface area contributed by atoms with Gasteiger partial charge >= 0.3 is 5.97 Å². The third-order valence-electron chi connectivity index (χ3n) is 6.46. The second-order valence-corrected chi connectivity index (χ2v) is 10.6. The fraction of sp³-hybridized carbons (Fsp3) is 0.520. The van der Waals surface area contributed by atoms with E-state index in [4.69, 9.17) is 4.74 Å². The van der Waals surface area contributed by atoms with Crippen molar-refractivity contribution in [3.8, 4) is 0 Å². The SMILES string of the molecule is CCOC(=O)c1c(S(=O)(=O)N2CCC[C@H](C(=O)NCc3ccc(C)cc3)C2)c(C)n(CC)c1C. The number of benzene rings is 1. The Balaban J connectivity index is 1.83. The number of ether oxygens (including phenoxy) is 1. The Bertz CT molecular complexity index is 1150. The predicted octanol–water partition coefficient (Wildman–Crippen LogP) is 3.33. The summed E-state index contributed by atoms with van der Waals surface area (Å²) in [7, 11) is -4.01. The maximum Gasteiger partial charge on any atom is 0.341 e. The molecule has 0 radical (unpaired) electrons.